The van der Waals surface area contributed by atoms with Crippen LogP contribution in [0.4, 0.5) is 5.69 Å². The predicted octanol–water partition coefficient (Wildman–Crippen LogP) is 1.49. The van der Waals surface area contributed by atoms with Crippen LogP contribution in [0.25, 0.3) is 0 Å². The molecule has 0 aliphatic carbocycles. The lowest BCUT2D eigenvalue weighted by molar-refractivity contribution is -0.154. The molecule has 3 unspecified atom stereocenters. The van der Waals surface area contributed by atoms with Crippen LogP contribution in [0, 0.1) is 5.92 Å². The Hall–Kier alpha value is -1.55. The lowest BCUT2D eigenvalue weighted by Gasteiger charge is -2.49. The van der Waals surface area contributed by atoms with Gasteiger partial charge in [0.05, 0.1) is 6.61 Å². The molecular weight excluding hydrogens is 230 g/mol. The summed E-state index contributed by atoms with van der Waals surface area (Å²) in [5, 5.41) is 10.3. The average Bonchev–Trinajstić information content (AvgIpc) is 2.39. The maximum absolute atomic E-state index is 12.0. The van der Waals surface area contributed by atoms with Crippen molar-refractivity contribution in [2.75, 3.05) is 18.1 Å². The van der Waals surface area contributed by atoms with Crippen LogP contribution in [0.1, 0.15) is 24.8 Å². The molecule has 0 radical (unpaired) electrons. The van der Waals surface area contributed by atoms with E-state index in [1.807, 2.05) is 29.2 Å². The first-order valence-electron chi connectivity index (χ1n) is 6.44. The summed E-state index contributed by atoms with van der Waals surface area (Å²) in [4.78, 5) is 13.9. The third kappa shape index (κ3) is 1.52. The molecule has 4 nitrogen and oxygen atoms in total. The highest BCUT2D eigenvalue weighted by atomic mass is 16.5. The van der Waals surface area contributed by atoms with Gasteiger partial charge in [0.2, 0.25) is 0 Å². The quantitative estimate of drug-likeness (QED) is 0.804. The molecule has 0 aromatic heterocycles. The lowest BCUT2D eigenvalue weighted by atomic mass is 9.74. The van der Waals surface area contributed by atoms with Crippen LogP contribution in [0.2, 0.25) is 0 Å². The Labute approximate surface area is 106 Å². The number of esters is 1. The molecule has 3 aliphatic rings. The minimum Gasteiger partial charge on any atom is -0.466 e. The highest BCUT2D eigenvalue weighted by molar-refractivity contribution is 5.78. The normalized spacial score (nSPS) is 29.0. The highest BCUT2D eigenvalue weighted by Crippen LogP contribution is 2.47. The van der Waals surface area contributed by atoms with Crippen LogP contribution in [-0.2, 0) is 9.53 Å². The van der Waals surface area contributed by atoms with Crippen molar-refractivity contribution < 1.29 is 14.6 Å². The average molecular weight is 247 g/mol. The number of benzene rings is 1. The Morgan fingerprint density at radius 3 is 3.06 bits per heavy atom. The molecule has 0 saturated carbocycles. The van der Waals surface area contributed by atoms with Crippen LogP contribution >= 0.6 is 0 Å². The van der Waals surface area contributed by atoms with Crippen molar-refractivity contribution in [1.29, 1.82) is 0 Å². The van der Waals surface area contributed by atoms with E-state index in [1.165, 1.54) is 0 Å². The van der Waals surface area contributed by atoms with Crippen molar-refractivity contribution >= 4 is 11.7 Å². The minimum atomic E-state index is -0.752. The monoisotopic (exact) mass is 247 g/mol. The molecule has 1 saturated heterocycles. The van der Waals surface area contributed by atoms with Gasteiger partial charge in [-0.1, -0.05) is 18.2 Å². The number of carbonyl (C=O) groups excluding carboxylic acids is 1. The Morgan fingerprint density at radius 2 is 2.28 bits per heavy atom. The van der Waals surface area contributed by atoms with Gasteiger partial charge in [0.15, 0.2) is 0 Å². The topological polar surface area (TPSA) is 49.8 Å². The number of anilines is 1. The molecule has 3 atom stereocenters. The van der Waals surface area contributed by atoms with Gasteiger partial charge in [0.25, 0.3) is 0 Å². The van der Waals surface area contributed by atoms with Crippen molar-refractivity contribution in [2.24, 2.45) is 5.92 Å². The zero-order chi connectivity index (χ0) is 12.7. The van der Waals surface area contributed by atoms with Crippen molar-refractivity contribution in [1.82, 2.24) is 0 Å². The smallest absolute Gasteiger partial charge is 0.314 e. The fourth-order valence-electron chi connectivity index (χ4n) is 3.19. The minimum absolute atomic E-state index is 0.0836. The van der Waals surface area contributed by atoms with Crippen LogP contribution in [0.5, 0.6) is 0 Å². The SMILES string of the molecule is CCOC(=O)C1C2CCN(c3ccccc32)C1O. The van der Waals surface area contributed by atoms with Crippen LogP contribution in [0.15, 0.2) is 24.3 Å². The summed E-state index contributed by atoms with van der Waals surface area (Å²) < 4.78 is 5.09. The molecule has 96 valence electrons. The molecule has 1 aromatic rings. The number of hydrogen-bond donors (Lipinski definition) is 1. The van der Waals surface area contributed by atoms with E-state index in [-0.39, 0.29) is 11.9 Å². The summed E-state index contributed by atoms with van der Waals surface area (Å²) in [5.74, 6) is -0.650. The van der Waals surface area contributed by atoms with E-state index < -0.39 is 12.1 Å². The molecule has 4 rings (SSSR count). The van der Waals surface area contributed by atoms with Crippen LogP contribution < -0.4 is 4.90 Å². The second-order valence-electron chi connectivity index (χ2n) is 4.84. The zero-order valence-corrected chi connectivity index (χ0v) is 10.4. The molecule has 2 bridgehead atoms. The lowest BCUT2D eigenvalue weighted by Crippen LogP contribution is -2.55. The van der Waals surface area contributed by atoms with Gasteiger partial charge in [-0.15, -0.1) is 0 Å². The number of nitrogens with zero attached hydrogens (tertiary/aromatic N) is 1. The first kappa shape index (κ1) is 11.5. The maximum atomic E-state index is 12.0. The molecule has 18 heavy (non-hydrogen) atoms. The van der Waals surface area contributed by atoms with E-state index in [1.54, 1.807) is 6.92 Å². The molecule has 0 spiro atoms. The van der Waals surface area contributed by atoms with Crippen LogP contribution in [0.3, 0.4) is 0 Å². The number of hydrogen-bond acceptors (Lipinski definition) is 4. The van der Waals surface area contributed by atoms with Crippen molar-refractivity contribution in [3.05, 3.63) is 29.8 Å². The largest absolute Gasteiger partial charge is 0.466 e. The second-order valence-corrected chi connectivity index (χ2v) is 4.84. The van der Waals surface area contributed by atoms with E-state index in [0.29, 0.717) is 6.61 Å². The second kappa shape index (κ2) is 4.28. The number of ether oxygens (including phenoxy) is 1. The van der Waals surface area contributed by atoms with Crippen molar-refractivity contribution in [2.45, 2.75) is 25.5 Å². The Bertz CT molecular complexity index is 474. The molecule has 1 fully saturated rings. The van der Waals surface area contributed by atoms with E-state index in [4.69, 9.17) is 4.74 Å². The first-order valence-corrected chi connectivity index (χ1v) is 6.44. The summed E-state index contributed by atoms with van der Waals surface area (Å²) in [5.41, 5.74) is 2.22. The van der Waals surface area contributed by atoms with Gasteiger partial charge in [0.1, 0.15) is 12.1 Å². The summed E-state index contributed by atoms with van der Waals surface area (Å²) >= 11 is 0. The standard InChI is InChI=1S/C14H17NO3/c1-2-18-14(17)12-10-7-8-15(13(12)16)11-6-4-3-5-9(10)11/h3-6,10,12-13,16H,2,7-8H2,1H3. The molecular formula is C14H17NO3. The van der Waals surface area contributed by atoms with E-state index in [0.717, 1.165) is 24.2 Å². The first-order chi connectivity index (χ1) is 8.74. The van der Waals surface area contributed by atoms with Crippen molar-refractivity contribution in [3.63, 3.8) is 0 Å². The van der Waals surface area contributed by atoms with Gasteiger partial charge >= 0.3 is 5.97 Å². The van der Waals surface area contributed by atoms with Gasteiger partial charge < -0.3 is 14.7 Å². The Morgan fingerprint density at radius 1 is 1.50 bits per heavy atom. The molecule has 4 heteroatoms. The fraction of sp³-hybridized carbons (Fsp3) is 0.500. The Balaban J connectivity index is 2.00. The Kier molecular flexibility index (Phi) is 2.74. The number of carbonyl (C=O) groups is 1. The van der Waals surface area contributed by atoms with Crippen LogP contribution in [-0.4, -0.2) is 30.5 Å². The summed E-state index contributed by atoms with van der Waals surface area (Å²) in [7, 11) is 0. The molecule has 3 heterocycles. The molecule has 0 amide bonds. The third-order valence-electron chi connectivity index (χ3n) is 3.96. The number of piperidine rings is 1. The van der Waals surface area contributed by atoms with E-state index in [9.17, 15) is 9.90 Å². The van der Waals surface area contributed by atoms with Gasteiger partial charge in [-0.3, -0.25) is 4.79 Å². The number of fused-ring (bicyclic) bond motifs is 2. The van der Waals surface area contributed by atoms with Gasteiger partial charge in [-0.25, -0.2) is 0 Å². The van der Waals surface area contributed by atoms with E-state index in [2.05, 4.69) is 0 Å². The zero-order valence-electron chi connectivity index (χ0n) is 10.4. The third-order valence-corrected chi connectivity index (χ3v) is 3.96. The molecule has 1 N–H and O–H groups in total. The predicted molar refractivity (Wildman–Crippen MR) is 67.3 cm³/mol. The van der Waals surface area contributed by atoms with Gasteiger partial charge in [0, 0.05) is 18.2 Å². The highest BCUT2D eigenvalue weighted by Gasteiger charge is 2.48. The summed E-state index contributed by atoms with van der Waals surface area (Å²) in [6, 6.07) is 8.00. The number of aliphatic hydroxyl groups excluding tert-OH is 1. The molecule has 1 aromatic carbocycles. The molecule has 3 aliphatic heterocycles. The van der Waals surface area contributed by atoms with E-state index >= 15 is 0 Å². The number of rotatable bonds is 2. The fourth-order valence-corrected chi connectivity index (χ4v) is 3.19. The summed E-state index contributed by atoms with van der Waals surface area (Å²) in [6.07, 6.45) is 0.148. The number of para-hydroxylation sites is 1. The maximum Gasteiger partial charge on any atom is 0.314 e. The number of aliphatic hydroxyl groups is 1. The van der Waals surface area contributed by atoms with Crippen molar-refractivity contribution in [3.8, 4) is 0 Å². The van der Waals surface area contributed by atoms with Gasteiger partial charge in [-0.2, -0.15) is 0 Å². The van der Waals surface area contributed by atoms with Gasteiger partial charge in [-0.05, 0) is 25.0 Å². The summed E-state index contributed by atoms with van der Waals surface area (Å²) in [6.45, 7) is 2.95.